The SMILES string of the molecule is NC(=O)CCc1nnc(SCCC(=O)Nc2ccc3c(c2)OCO3)n1Cc1ccco1. The van der Waals surface area contributed by atoms with Crippen LogP contribution in [0.4, 0.5) is 5.69 Å². The van der Waals surface area contributed by atoms with Crippen molar-refractivity contribution in [1.29, 1.82) is 0 Å². The first-order valence-corrected chi connectivity index (χ1v) is 10.6. The molecule has 0 atom stereocenters. The summed E-state index contributed by atoms with van der Waals surface area (Å²) in [6.07, 6.45) is 2.44. The molecule has 31 heavy (non-hydrogen) atoms. The Morgan fingerprint density at radius 1 is 1.16 bits per heavy atom. The van der Waals surface area contributed by atoms with Crippen molar-refractivity contribution in [2.24, 2.45) is 5.73 Å². The van der Waals surface area contributed by atoms with E-state index in [1.807, 2.05) is 10.6 Å². The lowest BCUT2D eigenvalue weighted by Crippen LogP contribution is -2.14. The average Bonchev–Trinajstić information content (AvgIpc) is 3.48. The number of nitrogens with two attached hydrogens (primary N) is 1. The van der Waals surface area contributed by atoms with E-state index in [1.54, 1.807) is 30.5 Å². The molecular formula is C20H21N5O5S. The molecular weight excluding hydrogens is 422 g/mol. The fourth-order valence-corrected chi connectivity index (χ4v) is 3.89. The molecule has 3 N–H and O–H groups in total. The van der Waals surface area contributed by atoms with E-state index in [-0.39, 0.29) is 25.5 Å². The number of benzene rings is 1. The normalized spacial score (nSPS) is 12.1. The molecule has 0 fully saturated rings. The van der Waals surface area contributed by atoms with Crippen molar-refractivity contribution >= 4 is 29.3 Å². The van der Waals surface area contributed by atoms with Gasteiger partial charge in [0, 0.05) is 36.8 Å². The summed E-state index contributed by atoms with van der Waals surface area (Å²) in [5.74, 6) is 2.63. The lowest BCUT2D eigenvalue weighted by molar-refractivity contribution is -0.118. The van der Waals surface area contributed by atoms with Crippen molar-refractivity contribution < 1.29 is 23.5 Å². The van der Waals surface area contributed by atoms with Gasteiger partial charge in [-0.1, -0.05) is 11.8 Å². The summed E-state index contributed by atoms with van der Waals surface area (Å²) in [5, 5.41) is 11.9. The molecule has 10 nitrogen and oxygen atoms in total. The third kappa shape index (κ3) is 5.37. The second kappa shape index (κ2) is 9.56. The third-order valence-electron chi connectivity index (χ3n) is 4.50. The Balaban J connectivity index is 1.34. The van der Waals surface area contributed by atoms with Gasteiger partial charge in [0.15, 0.2) is 16.7 Å². The maximum Gasteiger partial charge on any atom is 0.231 e. The van der Waals surface area contributed by atoms with Crippen LogP contribution in [0.5, 0.6) is 11.5 Å². The molecule has 0 bridgehead atoms. The number of carbonyl (C=O) groups is 2. The van der Waals surface area contributed by atoms with Gasteiger partial charge in [0.05, 0.1) is 12.8 Å². The van der Waals surface area contributed by atoms with Crippen LogP contribution < -0.4 is 20.5 Å². The number of ether oxygens (including phenoxy) is 2. The monoisotopic (exact) mass is 443 g/mol. The molecule has 1 aromatic carbocycles. The third-order valence-corrected chi connectivity index (χ3v) is 5.47. The van der Waals surface area contributed by atoms with E-state index >= 15 is 0 Å². The second-order valence-electron chi connectivity index (χ2n) is 6.75. The summed E-state index contributed by atoms with van der Waals surface area (Å²) >= 11 is 1.41. The number of furan rings is 1. The van der Waals surface area contributed by atoms with E-state index in [0.717, 1.165) is 5.76 Å². The van der Waals surface area contributed by atoms with Crippen LogP contribution in [0.3, 0.4) is 0 Å². The fourth-order valence-electron chi connectivity index (χ4n) is 3.00. The van der Waals surface area contributed by atoms with Crippen LogP contribution in [0.15, 0.2) is 46.2 Å². The van der Waals surface area contributed by atoms with Gasteiger partial charge in [-0.3, -0.25) is 14.2 Å². The van der Waals surface area contributed by atoms with Gasteiger partial charge in [0.25, 0.3) is 0 Å². The first-order chi connectivity index (χ1) is 15.1. The van der Waals surface area contributed by atoms with E-state index in [0.29, 0.717) is 46.9 Å². The smallest absolute Gasteiger partial charge is 0.231 e. The molecule has 3 heterocycles. The number of nitrogens with zero attached hydrogens (tertiary/aromatic N) is 3. The standard InChI is InChI=1S/C20H21N5O5S/c21-17(26)5-6-18-23-24-20(25(18)11-14-2-1-8-28-14)31-9-7-19(27)22-13-3-4-15-16(10-13)30-12-29-15/h1-4,8,10H,5-7,9,11-12H2,(H2,21,26)(H,22,27). The van der Waals surface area contributed by atoms with E-state index in [1.165, 1.54) is 11.8 Å². The molecule has 2 aromatic heterocycles. The number of hydrogen-bond donors (Lipinski definition) is 2. The van der Waals surface area contributed by atoms with E-state index < -0.39 is 5.91 Å². The molecule has 0 saturated carbocycles. The first-order valence-electron chi connectivity index (χ1n) is 9.63. The summed E-state index contributed by atoms with van der Waals surface area (Å²) < 4.78 is 17.9. The number of amides is 2. The Kier molecular flexibility index (Phi) is 6.41. The molecule has 0 saturated heterocycles. The van der Waals surface area contributed by atoms with Crippen LogP contribution in [-0.4, -0.2) is 39.1 Å². The highest BCUT2D eigenvalue weighted by Crippen LogP contribution is 2.34. The minimum absolute atomic E-state index is 0.127. The molecule has 0 spiro atoms. The Morgan fingerprint density at radius 2 is 2.03 bits per heavy atom. The molecule has 2 amide bonds. The predicted octanol–water partition coefficient (Wildman–Crippen LogP) is 2.19. The van der Waals surface area contributed by atoms with Gasteiger partial charge in [-0.15, -0.1) is 10.2 Å². The van der Waals surface area contributed by atoms with Crippen LogP contribution in [0.2, 0.25) is 0 Å². The van der Waals surface area contributed by atoms with E-state index in [9.17, 15) is 9.59 Å². The van der Waals surface area contributed by atoms with Gasteiger partial charge in [0.2, 0.25) is 18.6 Å². The molecule has 4 rings (SSSR count). The number of anilines is 1. The predicted molar refractivity (Wildman–Crippen MR) is 112 cm³/mol. The van der Waals surface area contributed by atoms with Crippen LogP contribution in [0.25, 0.3) is 0 Å². The molecule has 3 aromatic rings. The highest BCUT2D eigenvalue weighted by Gasteiger charge is 2.17. The summed E-state index contributed by atoms with van der Waals surface area (Å²) in [4.78, 5) is 23.5. The van der Waals surface area contributed by atoms with Crippen LogP contribution >= 0.6 is 11.8 Å². The Labute approximate surface area is 182 Å². The van der Waals surface area contributed by atoms with Crippen molar-refractivity contribution in [3.8, 4) is 11.5 Å². The summed E-state index contributed by atoms with van der Waals surface area (Å²) in [7, 11) is 0. The highest BCUT2D eigenvalue weighted by atomic mass is 32.2. The fraction of sp³-hybridized carbons (Fsp3) is 0.300. The lowest BCUT2D eigenvalue weighted by atomic mass is 10.2. The van der Waals surface area contributed by atoms with Crippen molar-refractivity contribution in [2.45, 2.75) is 31.0 Å². The Hall–Kier alpha value is -3.47. The van der Waals surface area contributed by atoms with Gasteiger partial charge < -0.3 is 24.9 Å². The number of aromatic nitrogens is 3. The zero-order valence-corrected chi connectivity index (χ0v) is 17.4. The summed E-state index contributed by atoms with van der Waals surface area (Å²) in [6, 6.07) is 8.92. The molecule has 0 radical (unpaired) electrons. The Bertz CT molecular complexity index is 1070. The zero-order chi connectivity index (χ0) is 21.6. The van der Waals surface area contributed by atoms with Crippen LogP contribution in [-0.2, 0) is 22.6 Å². The van der Waals surface area contributed by atoms with Crippen LogP contribution in [0, 0.1) is 0 Å². The number of carbonyl (C=O) groups excluding carboxylic acids is 2. The maximum atomic E-state index is 12.3. The van der Waals surface area contributed by atoms with Gasteiger partial charge in [-0.2, -0.15) is 0 Å². The van der Waals surface area contributed by atoms with Crippen molar-refractivity contribution in [2.75, 3.05) is 17.9 Å². The average molecular weight is 443 g/mol. The van der Waals surface area contributed by atoms with Gasteiger partial charge in [0.1, 0.15) is 11.6 Å². The largest absolute Gasteiger partial charge is 0.467 e. The number of aryl methyl sites for hydroxylation is 1. The van der Waals surface area contributed by atoms with E-state index in [2.05, 4.69) is 15.5 Å². The quantitative estimate of drug-likeness (QED) is 0.455. The molecule has 0 aliphatic carbocycles. The molecule has 1 aliphatic rings. The lowest BCUT2D eigenvalue weighted by Gasteiger charge is -2.09. The van der Waals surface area contributed by atoms with Crippen molar-refractivity contribution in [1.82, 2.24) is 14.8 Å². The number of rotatable bonds is 10. The molecule has 0 unspecified atom stereocenters. The van der Waals surface area contributed by atoms with Crippen molar-refractivity contribution in [3.63, 3.8) is 0 Å². The number of fused-ring (bicyclic) bond motifs is 1. The minimum atomic E-state index is -0.401. The van der Waals surface area contributed by atoms with Crippen molar-refractivity contribution in [3.05, 3.63) is 48.2 Å². The highest BCUT2D eigenvalue weighted by molar-refractivity contribution is 7.99. The van der Waals surface area contributed by atoms with Gasteiger partial charge in [-0.25, -0.2) is 0 Å². The number of hydrogen-bond acceptors (Lipinski definition) is 8. The summed E-state index contributed by atoms with van der Waals surface area (Å²) in [5.41, 5.74) is 5.91. The van der Waals surface area contributed by atoms with Gasteiger partial charge in [-0.05, 0) is 24.3 Å². The van der Waals surface area contributed by atoms with Crippen LogP contribution in [0.1, 0.15) is 24.4 Å². The van der Waals surface area contributed by atoms with Gasteiger partial charge >= 0.3 is 0 Å². The maximum absolute atomic E-state index is 12.3. The zero-order valence-electron chi connectivity index (χ0n) is 16.6. The molecule has 1 aliphatic heterocycles. The minimum Gasteiger partial charge on any atom is -0.467 e. The number of nitrogens with one attached hydrogen (secondary N) is 1. The molecule has 162 valence electrons. The molecule has 11 heteroatoms. The number of thioether (sulfide) groups is 1. The summed E-state index contributed by atoms with van der Waals surface area (Å²) in [6.45, 7) is 0.614. The second-order valence-corrected chi connectivity index (χ2v) is 7.81. The Morgan fingerprint density at radius 3 is 2.84 bits per heavy atom. The topological polar surface area (TPSA) is 134 Å². The first kappa shape index (κ1) is 20.8. The number of primary amides is 1. The van der Waals surface area contributed by atoms with E-state index in [4.69, 9.17) is 19.6 Å².